The lowest BCUT2D eigenvalue weighted by molar-refractivity contribution is -0.349. The van der Waals surface area contributed by atoms with Gasteiger partial charge in [0, 0.05) is 31.1 Å². The van der Waals surface area contributed by atoms with Gasteiger partial charge in [-0.3, -0.25) is 19.2 Å². The summed E-state index contributed by atoms with van der Waals surface area (Å²) in [6.45, 7) is 4.91. The molecule has 0 saturated carbocycles. The van der Waals surface area contributed by atoms with Gasteiger partial charge in [-0.05, 0) is 25.7 Å². The Morgan fingerprint density at radius 3 is 1.54 bits per heavy atom. The van der Waals surface area contributed by atoms with E-state index >= 15 is 0 Å². The third kappa shape index (κ3) is 15.0. The summed E-state index contributed by atoms with van der Waals surface area (Å²) in [5.74, 6) is -4.62. The summed E-state index contributed by atoms with van der Waals surface area (Å²) < 4.78 is 65.8. The highest BCUT2D eigenvalue weighted by Crippen LogP contribution is 2.32. The van der Waals surface area contributed by atoms with Crippen molar-refractivity contribution in [3.05, 3.63) is 0 Å². The average molecular weight is 701 g/mol. The number of ether oxygens (including phenoxy) is 6. The fourth-order valence-electron chi connectivity index (χ4n) is 4.27. The molecule has 16 nitrogen and oxygen atoms in total. The second kappa shape index (κ2) is 23.8. The lowest BCUT2D eigenvalue weighted by Crippen LogP contribution is -2.64. The molecule has 0 aromatic rings. The van der Waals surface area contributed by atoms with E-state index in [1.165, 1.54) is 0 Å². The van der Waals surface area contributed by atoms with Crippen molar-refractivity contribution in [1.29, 1.82) is 0 Å². The van der Waals surface area contributed by atoms with Gasteiger partial charge in [0.1, 0.15) is 37.1 Å². The van der Waals surface area contributed by atoms with E-state index in [2.05, 4.69) is 0 Å². The number of aliphatic hydroxyl groups is 6. The van der Waals surface area contributed by atoms with Crippen LogP contribution < -0.4 is 0 Å². The van der Waals surface area contributed by atoms with E-state index < -0.39 is 124 Å². The Labute approximate surface area is 287 Å². The van der Waals surface area contributed by atoms with Crippen molar-refractivity contribution >= 4 is 23.9 Å². The van der Waals surface area contributed by atoms with Gasteiger partial charge in [0.25, 0.3) is 0 Å². The summed E-state index contributed by atoms with van der Waals surface area (Å²) in [7, 11) is 0. The Balaban J connectivity index is 3.83. The quantitative estimate of drug-likeness (QED) is 0.0457. The van der Waals surface area contributed by atoms with Crippen LogP contribution >= 0.6 is 0 Å². The van der Waals surface area contributed by atoms with Gasteiger partial charge in [-0.25, -0.2) is 0 Å². The molecule has 280 valence electrons. The molecule has 0 aromatic heterocycles. The molecule has 0 spiro atoms. The zero-order valence-electron chi connectivity index (χ0n) is 31.9. The van der Waals surface area contributed by atoms with Crippen LogP contribution in [0, 0.1) is 0 Å². The minimum atomic E-state index is -2.56. The van der Waals surface area contributed by atoms with E-state index in [0.717, 1.165) is 0 Å². The topological polar surface area (TPSA) is 245 Å². The standard InChI is InChI=1S/C32H56O16/c1-5-9-13-21(35)43-18-20-28(45-22(36)14-10-6-2)29(46-23(37)15-11-7-3)30(47-24(38)16-12-8-4)32(44-20)48-31(42)27(41)26(40)25(39)19(34)17-33/h19-20,25-34,39-42H,5-18H2,1-4H3/t19-,20-,25-,26+,27+,28-,29+,30+,31?,32?/m1/s1/i13D,14D,15D,16D/t13?,14?,15?,16?,19-,20-,25-,26+,27+,28-,29+,30+,31?,32?. The molecule has 6 unspecified atom stereocenters. The summed E-state index contributed by atoms with van der Waals surface area (Å²) in [6.07, 6.45) is -25.5. The minimum Gasteiger partial charge on any atom is -0.463 e. The monoisotopic (exact) mass is 700 g/mol. The summed E-state index contributed by atoms with van der Waals surface area (Å²) in [5.41, 5.74) is 0. The Kier molecular flexibility index (Phi) is 18.3. The largest absolute Gasteiger partial charge is 0.463 e. The van der Waals surface area contributed by atoms with Crippen molar-refractivity contribution in [2.45, 2.75) is 166 Å². The van der Waals surface area contributed by atoms with Crippen molar-refractivity contribution in [1.82, 2.24) is 0 Å². The third-order valence-corrected chi connectivity index (χ3v) is 6.98. The molecule has 0 bridgehead atoms. The van der Waals surface area contributed by atoms with Crippen LogP contribution in [0.15, 0.2) is 0 Å². The molecule has 0 amide bonds. The first-order valence-corrected chi connectivity index (χ1v) is 16.3. The fraction of sp³-hybridized carbons (Fsp3) is 0.875. The summed E-state index contributed by atoms with van der Waals surface area (Å²) >= 11 is 0. The first-order valence-electron chi connectivity index (χ1n) is 18.6. The zero-order valence-corrected chi connectivity index (χ0v) is 27.9. The Morgan fingerprint density at radius 1 is 0.646 bits per heavy atom. The van der Waals surface area contributed by atoms with E-state index in [9.17, 15) is 44.7 Å². The maximum Gasteiger partial charge on any atom is 0.306 e. The van der Waals surface area contributed by atoms with Crippen molar-refractivity contribution < 1.29 is 83.7 Å². The molecule has 14 atom stereocenters. The van der Waals surface area contributed by atoms with E-state index in [0.29, 0.717) is 25.7 Å². The molecule has 1 heterocycles. The Bertz CT molecular complexity index is 1090. The number of carbonyl (C=O) groups is 4. The number of hydrogen-bond donors (Lipinski definition) is 6. The van der Waals surface area contributed by atoms with Crippen LogP contribution in [0.25, 0.3) is 0 Å². The van der Waals surface area contributed by atoms with Gasteiger partial charge in [-0.2, -0.15) is 0 Å². The highest BCUT2D eigenvalue weighted by molar-refractivity contribution is 5.72. The first-order chi connectivity index (χ1) is 24.5. The molecule has 6 N–H and O–H groups in total. The molecular formula is C32H56O16. The average Bonchev–Trinajstić information content (AvgIpc) is 3.11. The smallest absolute Gasteiger partial charge is 0.306 e. The molecule has 1 fully saturated rings. The van der Waals surface area contributed by atoms with Crippen LogP contribution in [0.3, 0.4) is 0 Å². The molecule has 1 aliphatic rings. The predicted octanol–water partition coefficient (Wildman–Crippen LogP) is 0.522. The second-order valence-electron chi connectivity index (χ2n) is 11.1. The highest BCUT2D eigenvalue weighted by atomic mass is 16.8. The van der Waals surface area contributed by atoms with E-state index in [4.69, 9.17) is 39.0 Å². The van der Waals surface area contributed by atoms with Gasteiger partial charge in [-0.1, -0.05) is 53.4 Å². The Hall–Kier alpha value is -2.44. The van der Waals surface area contributed by atoms with Crippen LogP contribution in [0.4, 0.5) is 0 Å². The predicted molar refractivity (Wildman–Crippen MR) is 166 cm³/mol. The molecular weight excluding hydrogens is 640 g/mol. The fourth-order valence-corrected chi connectivity index (χ4v) is 4.27. The van der Waals surface area contributed by atoms with E-state index in [1.807, 2.05) is 0 Å². The van der Waals surface area contributed by atoms with Crippen LogP contribution in [0.2, 0.25) is 0 Å². The molecule has 0 aromatic carbocycles. The van der Waals surface area contributed by atoms with Crippen LogP contribution in [-0.4, -0.2) is 129 Å². The van der Waals surface area contributed by atoms with Crippen LogP contribution in [0.5, 0.6) is 0 Å². The first kappa shape index (κ1) is 36.8. The maximum absolute atomic E-state index is 13.2. The molecule has 1 saturated heterocycles. The second-order valence-corrected chi connectivity index (χ2v) is 11.1. The van der Waals surface area contributed by atoms with Crippen LogP contribution in [0.1, 0.15) is 110 Å². The third-order valence-electron chi connectivity index (χ3n) is 6.98. The summed E-state index contributed by atoms with van der Waals surface area (Å²) in [4.78, 5) is 52.1. The molecule has 16 heteroatoms. The lowest BCUT2D eigenvalue weighted by atomic mass is 9.97. The van der Waals surface area contributed by atoms with Crippen molar-refractivity contribution in [3.8, 4) is 0 Å². The number of carbonyl (C=O) groups excluding carboxylic acids is 4. The van der Waals surface area contributed by atoms with E-state index in [-0.39, 0.29) is 25.7 Å². The van der Waals surface area contributed by atoms with E-state index in [1.54, 1.807) is 27.7 Å². The van der Waals surface area contributed by atoms with Gasteiger partial charge in [-0.15, -0.1) is 0 Å². The number of aliphatic hydroxyl groups excluding tert-OH is 6. The van der Waals surface area contributed by atoms with Gasteiger partial charge >= 0.3 is 23.9 Å². The number of esters is 4. The summed E-state index contributed by atoms with van der Waals surface area (Å²) in [5, 5.41) is 60.6. The van der Waals surface area contributed by atoms with Crippen molar-refractivity contribution in [2.24, 2.45) is 0 Å². The molecule has 1 rings (SSSR count). The van der Waals surface area contributed by atoms with Crippen molar-refractivity contribution in [2.75, 3.05) is 13.2 Å². The van der Waals surface area contributed by atoms with Gasteiger partial charge in [0.05, 0.1) is 6.61 Å². The van der Waals surface area contributed by atoms with Gasteiger partial charge in [0.2, 0.25) is 6.29 Å². The van der Waals surface area contributed by atoms with Gasteiger partial charge < -0.3 is 59.1 Å². The number of rotatable bonds is 24. The van der Waals surface area contributed by atoms with Gasteiger partial charge in [0.15, 0.2) is 24.6 Å². The molecule has 0 aliphatic carbocycles. The summed E-state index contributed by atoms with van der Waals surface area (Å²) in [6, 6.07) is 0. The highest BCUT2D eigenvalue weighted by Gasteiger charge is 2.54. The maximum atomic E-state index is 13.2. The molecule has 0 radical (unpaired) electrons. The molecule has 48 heavy (non-hydrogen) atoms. The van der Waals surface area contributed by atoms with Crippen LogP contribution in [-0.2, 0) is 47.6 Å². The lowest BCUT2D eigenvalue weighted by Gasteiger charge is -2.45. The molecule has 1 aliphatic heterocycles. The zero-order chi connectivity index (χ0) is 39.7. The Morgan fingerprint density at radius 2 is 1.08 bits per heavy atom. The van der Waals surface area contributed by atoms with Crippen molar-refractivity contribution in [3.63, 3.8) is 0 Å². The normalized spacial score (nSPS) is 27.9. The SMILES string of the molecule is [2H]C(CCC)C(=O)OC[C@H]1OC(OC(O)[C@@H](O)[C@@H](O)[C@H](O)[C@H](O)CO)[C@@H](OC(=O)C([2H])CCC)[C@@H](OC(=O)C([2H])CCC)[C@@H]1OC(=O)C([2H])CCC. The minimum absolute atomic E-state index is 0.00164. The number of hydrogen-bond acceptors (Lipinski definition) is 16.